The molecule has 0 aliphatic heterocycles. The number of aliphatic hydroxyl groups excluding tert-OH is 1. The largest absolute Gasteiger partial charge is 0.395 e. The van der Waals surface area contributed by atoms with Crippen LogP contribution >= 0.6 is 0 Å². The second kappa shape index (κ2) is 4.88. The van der Waals surface area contributed by atoms with Crippen LogP contribution in [0.5, 0.6) is 0 Å². The summed E-state index contributed by atoms with van der Waals surface area (Å²) in [4.78, 5) is 0. The molecule has 0 aliphatic rings. The molecule has 1 aromatic carbocycles. The van der Waals surface area contributed by atoms with Crippen molar-refractivity contribution in [3.8, 4) is 0 Å². The van der Waals surface area contributed by atoms with Crippen LogP contribution in [0.4, 0.5) is 0 Å². The third-order valence-corrected chi connectivity index (χ3v) is 1.39. The summed E-state index contributed by atoms with van der Waals surface area (Å²) in [6.45, 7) is 1.64. The van der Waals surface area contributed by atoms with Crippen LogP contribution in [0.15, 0.2) is 24.3 Å². The molecule has 0 bridgehead atoms. The maximum Gasteiger partial charge on any atom is 0.0556 e. The Hall–Kier alpha value is -0.860. The molecule has 2 heteroatoms. The molecule has 2 N–H and O–H groups in total. The van der Waals surface area contributed by atoms with Crippen molar-refractivity contribution in [3.05, 3.63) is 35.9 Å². The molecule has 0 heterocycles. The molecule has 1 rings (SSSR count). The lowest BCUT2D eigenvalue weighted by atomic mass is 10.2. The van der Waals surface area contributed by atoms with E-state index >= 15 is 0 Å². The zero-order valence-corrected chi connectivity index (χ0v) is 6.38. The first-order valence-corrected chi connectivity index (χ1v) is 3.70. The highest BCUT2D eigenvalue weighted by Crippen LogP contribution is 1.95. The summed E-state index contributed by atoms with van der Waals surface area (Å²) >= 11 is 0. The molecule has 0 aromatic heterocycles. The van der Waals surface area contributed by atoms with Crippen LogP contribution in [0.3, 0.4) is 0 Å². The van der Waals surface area contributed by atoms with Gasteiger partial charge in [-0.3, -0.25) is 0 Å². The highest BCUT2D eigenvalue weighted by atomic mass is 16.3. The molecule has 0 amide bonds. The van der Waals surface area contributed by atoms with Crippen molar-refractivity contribution in [2.75, 3.05) is 13.2 Å². The van der Waals surface area contributed by atoms with Crippen molar-refractivity contribution in [3.63, 3.8) is 0 Å². The monoisotopic (exact) mass is 150 g/mol. The molecule has 0 atom stereocenters. The Morgan fingerprint density at radius 1 is 1.55 bits per heavy atom. The normalized spacial score (nSPS) is 9.91. The molecule has 0 aliphatic carbocycles. The predicted molar refractivity (Wildman–Crippen MR) is 44.1 cm³/mol. The van der Waals surface area contributed by atoms with Crippen LogP contribution in [0.25, 0.3) is 0 Å². The molecule has 0 unspecified atom stereocenters. The zero-order valence-electron chi connectivity index (χ0n) is 6.38. The lowest BCUT2D eigenvalue weighted by Gasteiger charge is -2.00. The molecule has 0 saturated heterocycles. The summed E-state index contributed by atoms with van der Waals surface area (Å²) in [6, 6.07) is 10.8. The second-order valence-corrected chi connectivity index (χ2v) is 2.31. The van der Waals surface area contributed by atoms with Gasteiger partial charge in [-0.1, -0.05) is 18.2 Å². The van der Waals surface area contributed by atoms with Gasteiger partial charge in [0.05, 0.1) is 6.61 Å². The van der Waals surface area contributed by atoms with Crippen molar-refractivity contribution in [1.29, 1.82) is 0 Å². The third kappa shape index (κ3) is 3.16. The smallest absolute Gasteiger partial charge is 0.0556 e. The van der Waals surface area contributed by atoms with Crippen LogP contribution in [0.1, 0.15) is 5.56 Å². The Kier molecular flexibility index (Phi) is 3.65. The van der Waals surface area contributed by atoms with E-state index < -0.39 is 0 Å². The van der Waals surface area contributed by atoms with E-state index in [1.165, 1.54) is 5.56 Å². The number of aliphatic hydroxyl groups is 1. The average Bonchev–Trinajstić information content (AvgIpc) is 2.07. The van der Waals surface area contributed by atoms with E-state index in [2.05, 4.69) is 11.4 Å². The van der Waals surface area contributed by atoms with Gasteiger partial charge in [0, 0.05) is 13.1 Å². The van der Waals surface area contributed by atoms with E-state index in [-0.39, 0.29) is 6.61 Å². The summed E-state index contributed by atoms with van der Waals surface area (Å²) in [6.07, 6.45) is 0. The number of hydrogen-bond acceptors (Lipinski definition) is 2. The van der Waals surface area contributed by atoms with Gasteiger partial charge in [-0.25, -0.2) is 0 Å². The van der Waals surface area contributed by atoms with E-state index in [9.17, 15) is 0 Å². The molecule has 11 heavy (non-hydrogen) atoms. The Morgan fingerprint density at radius 3 is 3.09 bits per heavy atom. The van der Waals surface area contributed by atoms with Crippen molar-refractivity contribution in [1.82, 2.24) is 5.32 Å². The Morgan fingerprint density at radius 2 is 2.45 bits per heavy atom. The quantitative estimate of drug-likeness (QED) is 0.615. The minimum absolute atomic E-state index is 0.191. The van der Waals surface area contributed by atoms with Crippen molar-refractivity contribution < 1.29 is 5.11 Å². The topological polar surface area (TPSA) is 32.3 Å². The van der Waals surface area contributed by atoms with Gasteiger partial charge in [-0.05, 0) is 17.7 Å². The molecule has 1 aromatic rings. The predicted octanol–water partition coefficient (Wildman–Crippen LogP) is 0.569. The molecule has 0 saturated carbocycles. The van der Waals surface area contributed by atoms with Gasteiger partial charge < -0.3 is 10.4 Å². The minimum Gasteiger partial charge on any atom is -0.395 e. The van der Waals surface area contributed by atoms with Crippen molar-refractivity contribution >= 4 is 0 Å². The summed E-state index contributed by atoms with van der Waals surface area (Å²) in [5, 5.41) is 11.6. The number of rotatable bonds is 4. The van der Waals surface area contributed by atoms with Gasteiger partial charge in [0.15, 0.2) is 0 Å². The van der Waals surface area contributed by atoms with E-state index in [0.717, 1.165) is 6.54 Å². The summed E-state index contributed by atoms with van der Waals surface area (Å²) in [7, 11) is 0. The molecule has 1 radical (unpaired) electrons. The minimum atomic E-state index is 0.191. The lowest BCUT2D eigenvalue weighted by Crippen LogP contribution is -2.17. The van der Waals surface area contributed by atoms with Crippen LogP contribution in [-0.2, 0) is 6.54 Å². The van der Waals surface area contributed by atoms with Crippen molar-refractivity contribution in [2.45, 2.75) is 6.54 Å². The van der Waals surface area contributed by atoms with Crippen molar-refractivity contribution in [2.24, 2.45) is 0 Å². The standard InChI is InChI=1S/C9H12NO/c11-7-6-10-8-9-4-2-1-3-5-9/h1-2,4-5,10-11H,6-8H2. The fraction of sp³-hybridized carbons (Fsp3) is 0.333. The maximum atomic E-state index is 8.47. The fourth-order valence-electron chi connectivity index (χ4n) is 0.852. The zero-order chi connectivity index (χ0) is 7.94. The van der Waals surface area contributed by atoms with Gasteiger partial charge in [0.2, 0.25) is 0 Å². The van der Waals surface area contributed by atoms with E-state index in [4.69, 9.17) is 5.11 Å². The maximum absolute atomic E-state index is 8.47. The Labute approximate surface area is 66.9 Å². The van der Waals surface area contributed by atoms with E-state index in [1.807, 2.05) is 24.3 Å². The van der Waals surface area contributed by atoms with Gasteiger partial charge in [0.1, 0.15) is 0 Å². The first-order valence-electron chi connectivity index (χ1n) is 3.70. The summed E-state index contributed by atoms with van der Waals surface area (Å²) in [5.74, 6) is 0. The van der Waals surface area contributed by atoms with E-state index in [0.29, 0.717) is 6.54 Å². The van der Waals surface area contributed by atoms with Gasteiger partial charge in [-0.15, -0.1) is 0 Å². The molecular weight excluding hydrogens is 138 g/mol. The van der Waals surface area contributed by atoms with Crippen LogP contribution in [-0.4, -0.2) is 18.3 Å². The highest BCUT2D eigenvalue weighted by Gasteiger charge is 1.88. The number of benzene rings is 1. The lowest BCUT2D eigenvalue weighted by molar-refractivity contribution is 0.292. The second-order valence-electron chi connectivity index (χ2n) is 2.31. The SMILES string of the molecule is OCCNCc1c[c]ccc1. The molecule has 2 nitrogen and oxygen atoms in total. The van der Waals surface area contributed by atoms with E-state index in [1.54, 1.807) is 0 Å². The van der Waals surface area contributed by atoms with Gasteiger partial charge in [-0.2, -0.15) is 0 Å². The summed E-state index contributed by atoms with van der Waals surface area (Å²) < 4.78 is 0. The first kappa shape index (κ1) is 8.24. The molecule has 0 fully saturated rings. The Bertz CT molecular complexity index is 186. The van der Waals surface area contributed by atoms with Gasteiger partial charge in [0.25, 0.3) is 0 Å². The molecule has 59 valence electrons. The fourth-order valence-corrected chi connectivity index (χ4v) is 0.852. The van der Waals surface area contributed by atoms with Gasteiger partial charge >= 0.3 is 0 Å². The van der Waals surface area contributed by atoms with Crippen LogP contribution in [0, 0.1) is 6.07 Å². The van der Waals surface area contributed by atoms with Crippen LogP contribution in [0.2, 0.25) is 0 Å². The number of nitrogens with one attached hydrogen (secondary N) is 1. The number of hydrogen-bond donors (Lipinski definition) is 2. The first-order chi connectivity index (χ1) is 5.43. The van der Waals surface area contributed by atoms with Crippen LogP contribution < -0.4 is 5.32 Å². The average molecular weight is 150 g/mol. The Balaban J connectivity index is 2.28. The molecule has 0 spiro atoms. The third-order valence-electron chi connectivity index (χ3n) is 1.39. The highest BCUT2D eigenvalue weighted by molar-refractivity contribution is 5.13. The summed E-state index contributed by atoms with van der Waals surface area (Å²) in [5.41, 5.74) is 1.20. The molecular formula is C9H12NO.